The molecule has 6 rings (SSSR count). The summed E-state index contributed by atoms with van der Waals surface area (Å²) in [5.41, 5.74) is 1.91. The van der Waals surface area contributed by atoms with Crippen molar-refractivity contribution in [2.75, 3.05) is 10.2 Å². The third-order valence-corrected chi connectivity index (χ3v) is 7.18. The zero-order valence-electron chi connectivity index (χ0n) is 21.9. The number of anilines is 2. The molecule has 1 amide bonds. The van der Waals surface area contributed by atoms with E-state index in [0.29, 0.717) is 24.7 Å². The summed E-state index contributed by atoms with van der Waals surface area (Å²) in [6.07, 6.45) is 9.39. The molecule has 5 heterocycles. The van der Waals surface area contributed by atoms with Crippen LogP contribution in [0.1, 0.15) is 52.1 Å². The summed E-state index contributed by atoms with van der Waals surface area (Å²) in [4.78, 5) is 36.2. The molecule has 0 spiro atoms. The number of benzene rings is 1. The number of alkyl halides is 2. The molecule has 1 unspecified atom stereocenters. The number of halogens is 4. The van der Waals surface area contributed by atoms with Crippen molar-refractivity contribution in [3.8, 4) is 11.3 Å². The third-order valence-electron chi connectivity index (χ3n) is 6.89. The van der Waals surface area contributed by atoms with Crippen molar-refractivity contribution in [1.82, 2.24) is 34.7 Å². The lowest BCUT2D eigenvalue weighted by Crippen LogP contribution is -2.18. The van der Waals surface area contributed by atoms with E-state index in [-0.39, 0.29) is 22.5 Å². The first-order valence-corrected chi connectivity index (χ1v) is 13.1. The largest absolute Gasteiger partial charge is 0.332 e. The number of hydrogen-bond donors (Lipinski definition) is 1. The molecule has 1 N–H and O–H groups in total. The van der Waals surface area contributed by atoms with E-state index < -0.39 is 29.3 Å². The van der Waals surface area contributed by atoms with Gasteiger partial charge < -0.3 is 10.2 Å². The van der Waals surface area contributed by atoms with Crippen molar-refractivity contribution in [2.45, 2.75) is 32.5 Å². The maximum Gasteiger partial charge on any atom is 0.275 e. The number of carbonyl (C=O) groups excluding carboxylic acids is 1. The van der Waals surface area contributed by atoms with Gasteiger partial charge in [0.25, 0.3) is 12.3 Å². The quantitative estimate of drug-likeness (QED) is 0.259. The molecule has 0 radical (unpaired) electrons. The number of aromatic nitrogens is 7. The third kappa shape index (κ3) is 5.26. The lowest BCUT2D eigenvalue weighted by molar-refractivity contribution is 0.102. The molecule has 10 nitrogen and oxygen atoms in total. The van der Waals surface area contributed by atoms with Gasteiger partial charge in [0, 0.05) is 60.8 Å². The lowest BCUT2D eigenvalue weighted by Gasteiger charge is -2.17. The van der Waals surface area contributed by atoms with Crippen molar-refractivity contribution in [2.24, 2.45) is 0 Å². The molecule has 0 saturated carbocycles. The molecule has 1 aliphatic heterocycles. The molecule has 42 heavy (non-hydrogen) atoms. The molecule has 1 atom stereocenters. The maximum atomic E-state index is 14.7. The van der Waals surface area contributed by atoms with Crippen LogP contribution in [0.2, 0.25) is 5.02 Å². The molecule has 1 aromatic carbocycles. The van der Waals surface area contributed by atoms with E-state index in [1.54, 1.807) is 29.5 Å². The van der Waals surface area contributed by atoms with Crippen LogP contribution in [-0.2, 0) is 13.1 Å². The zero-order chi connectivity index (χ0) is 29.4. The highest BCUT2D eigenvalue weighted by Gasteiger charge is 2.24. The van der Waals surface area contributed by atoms with Crippen LogP contribution in [0.5, 0.6) is 0 Å². The lowest BCUT2D eigenvalue weighted by atomic mass is 10.0. The standard InChI is InChI=1S/C28H21ClF3N9O/c1-15(17-7-35-28(36-8-17)40-12-16-4-5-33-6-18(16)13-40)41-14-19(9-37-41)38-27(42)23-11-34-10-22(39-23)24-20(26(31)32)2-3-21(29)25(24)30/h2-11,14-15,26H,12-13H2,1H3,(H,38,42). The van der Waals surface area contributed by atoms with E-state index in [2.05, 4.69) is 40.2 Å². The van der Waals surface area contributed by atoms with Gasteiger partial charge in [-0.05, 0) is 30.2 Å². The monoisotopic (exact) mass is 591 g/mol. The highest BCUT2D eigenvalue weighted by molar-refractivity contribution is 6.31. The summed E-state index contributed by atoms with van der Waals surface area (Å²) in [6.45, 7) is 3.31. The van der Waals surface area contributed by atoms with E-state index in [1.807, 2.05) is 19.2 Å². The number of rotatable bonds is 7. The first-order valence-electron chi connectivity index (χ1n) is 12.7. The Morgan fingerprint density at radius 1 is 1.00 bits per heavy atom. The minimum atomic E-state index is -2.99. The summed E-state index contributed by atoms with van der Waals surface area (Å²) in [6, 6.07) is 3.78. The topological polar surface area (TPSA) is 115 Å². The molecular weight excluding hydrogens is 571 g/mol. The Balaban J connectivity index is 1.15. The Hall–Kier alpha value is -4.91. The first-order chi connectivity index (χ1) is 20.3. The zero-order valence-corrected chi connectivity index (χ0v) is 22.7. The van der Waals surface area contributed by atoms with Crippen molar-refractivity contribution >= 4 is 29.1 Å². The van der Waals surface area contributed by atoms with Gasteiger partial charge in [-0.3, -0.25) is 19.4 Å². The second-order valence-corrected chi connectivity index (χ2v) is 9.98. The van der Waals surface area contributed by atoms with Crippen LogP contribution in [0.25, 0.3) is 11.3 Å². The number of nitrogens with one attached hydrogen (secondary N) is 1. The van der Waals surface area contributed by atoms with Crippen LogP contribution in [0.3, 0.4) is 0 Å². The van der Waals surface area contributed by atoms with Gasteiger partial charge in [0.2, 0.25) is 5.95 Å². The van der Waals surface area contributed by atoms with Crippen LogP contribution in [0, 0.1) is 5.82 Å². The average Bonchev–Trinajstić information content (AvgIpc) is 3.65. The molecule has 0 fully saturated rings. The SMILES string of the molecule is CC(c1cnc(N2Cc3ccncc3C2)nc1)n1cc(NC(=O)c2cncc(-c3c(C(F)F)ccc(Cl)c3F)n2)cn1. The van der Waals surface area contributed by atoms with Gasteiger partial charge in [-0.25, -0.2) is 28.1 Å². The molecule has 14 heteroatoms. The van der Waals surface area contributed by atoms with E-state index in [4.69, 9.17) is 11.6 Å². The molecule has 4 aromatic heterocycles. The van der Waals surface area contributed by atoms with E-state index >= 15 is 0 Å². The number of hydrogen-bond acceptors (Lipinski definition) is 8. The molecule has 0 saturated heterocycles. The van der Waals surface area contributed by atoms with Gasteiger partial charge in [0.05, 0.1) is 41.0 Å². The molecule has 0 aliphatic carbocycles. The number of fused-ring (bicyclic) bond motifs is 1. The normalized spacial score (nSPS) is 13.3. The summed E-state index contributed by atoms with van der Waals surface area (Å²) in [7, 11) is 0. The summed E-state index contributed by atoms with van der Waals surface area (Å²) >= 11 is 5.81. The maximum absolute atomic E-state index is 14.7. The average molecular weight is 592 g/mol. The number of amides is 1. The fraction of sp³-hybridized carbons (Fsp3) is 0.179. The second kappa shape index (κ2) is 11.2. The Labute approximate surface area is 242 Å². The highest BCUT2D eigenvalue weighted by Crippen LogP contribution is 2.35. The minimum absolute atomic E-state index is 0.211. The van der Waals surface area contributed by atoms with Gasteiger partial charge in [-0.15, -0.1) is 0 Å². The Morgan fingerprint density at radius 3 is 2.55 bits per heavy atom. The Morgan fingerprint density at radius 2 is 1.79 bits per heavy atom. The van der Waals surface area contributed by atoms with Gasteiger partial charge >= 0.3 is 0 Å². The van der Waals surface area contributed by atoms with Gasteiger partial charge in [0.15, 0.2) is 5.82 Å². The molecule has 1 aliphatic rings. The molecular formula is C28H21ClF3N9O. The van der Waals surface area contributed by atoms with E-state index in [9.17, 15) is 18.0 Å². The van der Waals surface area contributed by atoms with Crippen molar-refractivity contribution in [3.05, 3.63) is 107 Å². The summed E-state index contributed by atoms with van der Waals surface area (Å²) < 4.78 is 43.4. The smallest absolute Gasteiger partial charge is 0.275 e. The van der Waals surface area contributed by atoms with Crippen LogP contribution < -0.4 is 10.2 Å². The van der Waals surface area contributed by atoms with Crippen LogP contribution in [0.15, 0.2) is 67.8 Å². The summed E-state index contributed by atoms with van der Waals surface area (Å²) in [5, 5.41) is 6.62. The Bertz CT molecular complexity index is 1760. The fourth-order valence-corrected chi connectivity index (χ4v) is 4.79. The first kappa shape index (κ1) is 27.3. The van der Waals surface area contributed by atoms with E-state index in [1.165, 1.54) is 11.8 Å². The highest BCUT2D eigenvalue weighted by atomic mass is 35.5. The predicted octanol–water partition coefficient (Wildman–Crippen LogP) is 5.64. The van der Waals surface area contributed by atoms with Crippen molar-refractivity contribution < 1.29 is 18.0 Å². The molecule has 0 bridgehead atoms. The number of pyridine rings is 1. The minimum Gasteiger partial charge on any atom is -0.332 e. The number of nitrogens with zero attached hydrogens (tertiary/aromatic N) is 8. The van der Waals surface area contributed by atoms with Crippen molar-refractivity contribution in [3.63, 3.8) is 0 Å². The second-order valence-electron chi connectivity index (χ2n) is 9.57. The van der Waals surface area contributed by atoms with Gasteiger partial charge in [-0.1, -0.05) is 17.7 Å². The molecule has 212 valence electrons. The van der Waals surface area contributed by atoms with E-state index in [0.717, 1.165) is 35.7 Å². The fourth-order valence-electron chi connectivity index (χ4n) is 4.64. The van der Waals surface area contributed by atoms with Gasteiger partial charge in [0.1, 0.15) is 5.69 Å². The van der Waals surface area contributed by atoms with Crippen LogP contribution in [-0.4, -0.2) is 40.6 Å². The predicted molar refractivity (Wildman–Crippen MR) is 148 cm³/mol. The van der Waals surface area contributed by atoms with Crippen LogP contribution >= 0.6 is 11.6 Å². The van der Waals surface area contributed by atoms with Gasteiger partial charge in [-0.2, -0.15) is 5.10 Å². The number of carbonyl (C=O) groups is 1. The summed E-state index contributed by atoms with van der Waals surface area (Å²) in [5.74, 6) is -1.15. The molecule has 5 aromatic rings. The van der Waals surface area contributed by atoms with Crippen LogP contribution in [0.4, 0.5) is 24.8 Å². The van der Waals surface area contributed by atoms with Crippen molar-refractivity contribution in [1.29, 1.82) is 0 Å². The Kier molecular flexibility index (Phi) is 7.25.